The van der Waals surface area contributed by atoms with E-state index in [1.165, 1.54) is 0 Å². The lowest BCUT2D eigenvalue weighted by atomic mass is 9.95. The molecular weight excluding hydrogens is 350 g/mol. The van der Waals surface area contributed by atoms with Gasteiger partial charge in [0.05, 0.1) is 18.4 Å². The average molecular weight is 371 g/mol. The summed E-state index contributed by atoms with van der Waals surface area (Å²) < 4.78 is 5.68. The van der Waals surface area contributed by atoms with Crippen LogP contribution in [0, 0.1) is 5.92 Å². The molecule has 0 fully saturated rings. The van der Waals surface area contributed by atoms with Crippen LogP contribution in [0.25, 0.3) is 0 Å². The van der Waals surface area contributed by atoms with E-state index in [4.69, 9.17) is 4.74 Å². The van der Waals surface area contributed by atoms with E-state index in [1.807, 2.05) is 54.8 Å². The minimum Gasteiger partial charge on any atom is -0.492 e. The lowest BCUT2D eigenvalue weighted by molar-refractivity contribution is -0.138. The van der Waals surface area contributed by atoms with Crippen molar-refractivity contribution < 1.29 is 19.4 Å². The Kier molecular flexibility index (Phi) is 5.83. The summed E-state index contributed by atoms with van der Waals surface area (Å²) in [5.74, 6) is -0.646. The zero-order valence-corrected chi connectivity index (χ0v) is 15.3. The molecule has 136 valence electrons. The highest BCUT2D eigenvalue weighted by Gasteiger charge is 2.28. The largest absolute Gasteiger partial charge is 0.492 e. The highest BCUT2D eigenvalue weighted by atomic mass is 32.2. The quantitative estimate of drug-likeness (QED) is 0.762. The Bertz CT molecular complexity index is 791. The van der Waals surface area contributed by atoms with E-state index in [0.717, 1.165) is 21.8 Å². The van der Waals surface area contributed by atoms with Gasteiger partial charge in [-0.25, -0.2) is 0 Å². The van der Waals surface area contributed by atoms with Gasteiger partial charge in [0.15, 0.2) is 0 Å². The highest BCUT2D eigenvalue weighted by molar-refractivity contribution is 7.98. The third kappa shape index (κ3) is 4.38. The van der Waals surface area contributed by atoms with E-state index >= 15 is 0 Å². The van der Waals surface area contributed by atoms with Crippen LogP contribution >= 0.6 is 11.8 Å². The van der Waals surface area contributed by atoms with Gasteiger partial charge >= 0.3 is 5.97 Å². The maximum atomic E-state index is 12.7. The minimum absolute atomic E-state index is 0.158. The maximum absolute atomic E-state index is 12.7. The number of carbonyl (C=O) groups is 2. The Hall–Kier alpha value is -2.47. The molecule has 5 nitrogen and oxygen atoms in total. The lowest BCUT2D eigenvalue weighted by Crippen LogP contribution is -2.39. The summed E-state index contributed by atoms with van der Waals surface area (Å²) >= 11 is 1.61. The van der Waals surface area contributed by atoms with Gasteiger partial charge in [-0.2, -0.15) is 0 Å². The fraction of sp³-hybridized carbons (Fsp3) is 0.300. The third-order valence-corrected chi connectivity index (χ3v) is 5.21. The zero-order chi connectivity index (χ0) is 18.5. The Morgan fingerprint density at radius 2 is 1.96 bits per heavy atom. The second-order valence-electron chi connectivity index (χ2n) is 6.25. The first-order chi connectivity index (χ1) is 12.6. The highest BCUT2D eigenvalue weighted by Crippen LogP contribution is 2.28. The van der Waals surface area contributed by atoms with Gasteiger partial charge in [-0.15, -0.1) is 11.8 Å². The van der Waals surface area contributed by atoms with Crippen molar-refractivity contribution in [3.8, 4) is 5.75 Å². The number of rotatable bonds is 6. The van der Waals surface area contributed by atoms with Gasteiger partial charge in [0.1, 0.15) is 12.4 Å². The number of carboxylic acid groups (broad SMARTS) is 1. The molecule has 0 bridgehead atoms. The SMILES string of the molecule is CSc1ccc(C(CC(=O)O)NC(=O)C2COc3ccccc3C2)cc1. The molecule has 0 aliphatic carbocycles. The summed E-state index contributed by atoms with van der Waals surface area (Å²) in [6.45, 7) is 0.300. The van der Waals surface area contributed by atoms with Gasteiger partial charge in [-0.05, 0) is 42.0 Å². The van der Waals surface area contributed by atoms with Crippen LogP contribution in [0.3, 0.4) is 0 Å². The van der Waals surface area contributed by atoms with E-state index in [2.05, 4.69) is 5.32 Å². The maximum Gasteiger partial charge on any atom is 0.305 e. The van der Waals surface area contributed by atoms with Gasteiger partial charge in [0.25, 0.3) is 0 Å². The molecule has 0 saturated carbocycles. The molecule has 1 aliphatic rings. The molecule has 2 aromatic carbocycles. The van der Waals surface area contributed by atoms with Crippen LogP contribution in [-0.4, -0.2) is 29.8 Å². The van der Waals surface area contributed by atoms with Crippen molar-refractivity contribution in [1.29, 1.82) is 0 Å². The van der Waals surface area contributed by atoms with Crippen molar-refractivity contribution in [2.24, 2.45) is 5.92 Å². The molecule has 0 aromatic heterocycles. The molecule has 2 atom stereocenters. The van der Waals surface area contributed by atoms with E-state index in [-0.39, 0.29) is 18.2 Å². The Labute approximate surface area is 156 Å². The minimum atomic E-state index is -0.950. The molecule has 6 heteroatoms. The van der Waals surface area contributed by atoms with Crippen LogP contribution < -0.4 is 10.1 Å². The summed E-state index contributed by atoms with van der Waals surface area (Å²) in [6.07, 6.45) is 2.41. The van der Waals surface area contributed by atoms with Crippen molar-refractivity contribution in [2.75, 3.05) is 12.9 Å². The van der Waals surface area contributed by atoms with E-state index in [1.54, 1.807) is 11.8 Å². The molecule has 1 heterocycles. The number of thioether (sulfide) groups is 1. The van der Waals surface area contributed by atoms with E-state index < -0.39 is 12.0 Å². The average Bonchev–Trinajstić information content (AvgIpc) is 2.66. The number of nitrogens with one attached hydrogen (secondary N) is 1. The molecule has 26 heavy (non-hydrogen) atoms. The molecule has 2 unspecified atom stereocenters. The summed E-state index contributed by atoms with van der Waals surface area (Å²) in [5, 5.41) is 12.1. The number of ether oxygens (including phenoxy) is 1. The van der Waals surface area contributed by atoms with Gasteiger partial charge in [0.2, 0.25) is 5.91 Å². The number of hydrogen-bond donors (Lipinski definition) is 2. The van der Waals surface area contributed by atoms with Crippen LogP contribution in [0.4, 0.5) is 0 Å². The van der Waals surface area contributed by atoms with Crippen LogP contribution in [0.5, 0.6) is 5.75 Å². The number of aliphatic carboxylic acids is 1. The monoisotopic (exact) mass is 371 g/mol. The second-order valence-corrected chi connectivity index (χ2v) is 7.13. The number of benzene rings is 2. The van der Waals surface area contributed by atoms with E-state index in [0.29, 0.717) is 13.0 Å². The molecule has 0 saturated heterocycles. The first kappa shape index (κ1) is 18.3. The molecule has 2 aromatic rings. The van der Waals surface area contributed by atoms with Gasteiger partial charge in [0, 0.05) is 4.90 Å². The number of carbonyl (C=O) groups excluding carboxylic acids is 1. The zero-order valence-electron chi connectivity index (χ0n) is 14.5. The molecule has 3 rings (SSSR count). The third-order valence-electron chi connectivity index (χ3n) is 4.46. The van der Waals surface area contributed by atoms with Crippen LogP contribution in [-0.2, 0) is 16.0 Å². The van der Waals surface area contributed by atoms with Crippen molar-refractivity contribution >= 4 is 23.6 Å². The van der Waals surface area contributed by atoms with Crippen LogP contribution in [0.2, 0.25) is 0 Å². The normalized spacial score (nSPS) is 16.9. The smallest absolute Gasteiger partial charge is 0.305 e. The van der Waals surface area contributed by atoms with Crippen molar-refractivity contribution in [1.82, 2.24) is 5.32 Å². The summed E-state index contributed by atoms with van der Waals surface area (Å²) in [6, 6.07) is 14.7. The summed E-state index contributed by atoms with van der Waals surface area (Å²) in [5.41, 5.74) is 1.79. The fourth-order valence-corrected chi connectivity index (χ4v) is 3.46. The summed E-state index contributed by atoms with van der Waals surface area (Å²) in [4.78, 5) is 25.0. The topological polar surface area (TPSA) is 75.6 Å². The first-order valence-corrected chi connectivity index (χ1v) is 9.66. The second kappa shape index (κ2) is 8.27. The molecule has 0 spiro atoms. The Morgan fingerprint density at radius 3 is 2.65 bits per heavy atom. The Morgan fingerprint density at radius 1 is 1.23 bits per heavy atom. The van der Waals surface area contributed by atoms with Gasteiger partial charge in [-0.1, -0.05) is 30.3 Å². The number of para-hydroxylation sites is 1. The van der Waals surface area contributed by atoms with Crippen LogP contribution in [0.15, 0.2) is 53.4 Å². The standard InChI is InChI=1S/C20H21NO4S/c1-26-16-8-6-13(7-9-16)17(11-19(22)23)21-20(24)15-10-14-4-2-3-5-18(14)25-12-15/h2-9,15,17H,10-12H2,1H3,(H,21,24)(H,22,23). The Balaban J connectivity index is 1.72. The van der Waals surface area contributed by atoms with Gasteiger partial charge < -0.3 is 15.2 Å². The fourth-order valence-electron chi connectivity index (χ4n) is 3.05. The van der Waals surface area contributed by atoms with Crippen molar-refractivity contribution in [3.05, 3.63) is 59.7 Å². The molecule has 0 radical (unpaired) electrons. The predicted octanol–water partition coefficient (Wildman–Crippen LogP) is 3.29. The van der Waals surface area contributed by atoms with Crippen LogP contribution in [0.1, 0.15) is 23.6 Å². The van der Waals surface area contributed by atoms with Crippen molar-refractivity contribution in [3.63, 3.8) is 0 Å². The lowest BCUT2D eigenvalue weighted by Gasteiger charge is -2.26. The molecular formula is C20H21NO4S. The number of amides is 1. The summed E-state index contributed by atoms with van der Waals surface area (Å²) in [7, 11) is 0. The number of fused-ring (bicyclic) bond motifs is 1. The van der Waals surface area contributed by atoms with Gasteiger partial charge in [-0.3, -0.25) is 9.59 Å². The molecule has 2 N–H and O–H groups in total. The molecule has 1 aliphatic heterocycles. The van der Waals surface area contributed by atoms with E-state index in [9.17, 15) is 14.7 Å². The number of hydrogen-bond acceptors (Lipinski definition) is 4. The molecule has 1 amide bonds. The number of carboxylic acids is 1. The van der Waals surface area contributed by atoms with Crippen molar-refractivity contribution in [2.45, 2.75) is 23.8 Å². The predicted molar refractivity (Wildman–Crippen MR) is 100 cm³/mol. The first-order valence-electron chi connectivity index (χ1n) is 8.43.